The molecule has 0 aromatic heterocycles. The average molecular weight is 351 g/mol. The van der Waals surface area contributed by atoms with Gasteiger partial charge in [-0.05, 0) is 36.8 Å². The number of hydrogen-bond donors (Lipinski definition) is 1. The Labute approximate surface area is 139 Å². The summed E-state index contributed by atoms with van der Waals surface area (Å²) in [5.41, 5.74) is 0.766. The van der Waals surface area contributed by atoms with Gasteiger partial charge in [0.25, 0.3) is 0 Å². The summed E-state index contributed by atoms with van der Waals surface area (Å²) in [6.07, 6.45) is 0.424. The Morgan fingerprint density at radius 2 is 1.83 bits per heavy atom. The van der Waals surface area contributed by atoms with Gasteiger partial charge in [0.15, 0.2) is 0 Å². The van der Waals surface area contributed by atoms with Crippen LogP contribution in [0, 0.1) is 0 Å². The molecule has 5 nitrogen and oxygen atoms in total. The van der Waals surface area contributed by atoms with E-state index in [2.05, 4.69) is 4.72 Å². The van der Waals surface area contributed by atoms with Gasteiger partial charge in [0.1, 0.15) is 6.04 Å². The fourth-order valence-electron chi connectivity index (χ4n) is 2.54. The standard InChI is InChI=1S/C16H15ClN2O3S/c17-12-5-4-8-14(11-12)23(21,22)18-15-9-10-19(16(15)20)13-6-2-1-3-7-13/h1-8,11,15,18H,9-10H2/t15-/m0/s1. The maximum atomic E-state index is 12.5. The topological polar surface area (TPSA) is 66.5 Å². The van der Waals surface area contributed by atoms with Crippen LogP contribution in [0.1, 0.15) is 6.42 Å². The first-order chi connectivity index (χ1) is 11.0. The molecule has 1 fully saturated rings. The largest absolute Gasteiger partial charge is 0.311 e. The zero-order valence-corrected chi connectivity index (χ0v) is 13.7. The van der Waals surface area contributed by atoms with E-state index in [1.165, 1.54) is 12.1 Å². The molecule has 0 radical (unpaired) electrons. The number of benzene rings is 2. The Kier molecular flexibility index (Phi) is 4.39. The highest BCUT2D eigenvalue weighted by molar-refractivity contribution is 7.89. The van der Waals surface area contributed by atoms with Crippen molar-refractivity contribution in [2.24, 2.45) is 0 Å². The van der Waals surface area contributed by atoms with Crippen LogP contribution in [-0.2, 0) is 14.8 Å². The average Bonchev–Trinajstić information content (AvgIpc) is 2.89. The summed E-state index contributed by atoms with van der Waals surface area (Å²) in [5, 5.41) is 0.330. The van der Waals surface area contributed by atoms with E-state index in [4.69, 9.17) is 11.6 Å². The van der Waals surface area contributed by atoms with Gasteiger partial charge < -0.3 is 4.90 Å². The molecule has 0 bridgehead atoms. The molecule has 0 spiro atoms. The summed E-state index contributed by atoms with van der Waals surface area (Å²) in [5.74, 6) is -0.248. The molecule has 0 unspecified atom stereocenters. The van der Waals surface area contributed by atoms with Crippen LogP contribution in [0.5, 0.6) is 0 Å². The Hall–Kier alpha value is -1.89. The van der Waals surface area contributed by atoms with Crippen LogP contribution in [0.2, 0.25) is 5.02 Å². The lowest BCUT2D eigenvalue weighted by atomic mass is 10.3. The molecular formula is C16H15ClN2O3S. The van der Waals surface area contributed by atoms with Gasteiger partial charge in [-0.3, -0.25) is 4.79 Å². The first kappa shape index (κ1) is 16.0. The highest BCUT2D eigenvalue weighted by Crippen LogP contribution is 2.23. The predicted octanol–water partition coefficient (Wildman–Crippen LogP) is 2.42. The van der Waals surface area contributed by atoms with Crippen LogP contribution in [0.15, 0.2) is 59.5 Å². The number of sulfonamides is 1. The third-order valence-corrected chi connectivity index (χ3v) is 5.38. The van der Waals surface area contributed by atoms with Gasteiger partial charge in [-0.25, -0.2) is 8.42 Å². The van der Waals surface area contributed by atoms with E-state index in [0.717, 1.165) is 5.69 Å². The first-order valence-corrected chi connectivity index (χ1v) is 8.98. The summed E-state index contributed by atoms with van der Waals surface area (Å²) >= 11 is 5.83. The number of nitrogens with one attached hydrogen (secondary N) is 1. The number of hydrogen-bond acceptors (Lipinski definition) is 3. The maximum absolute atomic E-state index is 12.5. The van der Waals surface area contributed by atoms with Crippen molar-refractivity contribution in [3.63, 3.8) is 0 Å². The lowest BCUT2D eigenvalue weighted by Gasteiger charge is -2.17. The molecule has 1 heterocycles. The molecule has 2 aromatic rings. The smallest absolute Gasteiger partial charge is 0.245 e. The summed E-state index contributed by atoms with van der Waals surface area (Å²) in [4.78, 5) is 14.1. The molecule has 1 saturated heterocycles. The number of rotatable bonds is 4. The molecule has 120 valence electrons. The Balaban J connectivity index is 1.78. The quantitative estimate of drug-likeness (QED) is 0.920. The molecule has 2 aromatic carbocycles. The minimum absolute atomic E-state index is 0.0518. The third kappa shape index (κ3) is 3.39. The summed E-state index contributed by atoms with van der Waals surface area (Å²) in [7, 11) is -3.79. The molecule has 1 amide bonds. The van der Waals surface area contributed by atoms with Gasteiger partial charge in [-0.15, -0.1) is 0 Å². The van der Waals surface area contributed by atoms with Crippen molar-refractivity contribution in [1.82, 2.24) is 4.72 Å². The molecule has 0 aliphatic carbocycles. The van der Waals surface area contributed by atoms with E-state index in [-0.39, 0.29) is 10.8 Å². The number of carbonyl (C=O) groups is 1. The van der Waals surface area contributed by atoms with Gasteiger partial charge in [0, 0.05) is 17.3 Å². The van der Waals surface area contributed by atoms with Crippen LogP contribution >= 0.6 is 11.6 Å². The number of carbonyl (C=O) groups excluding carboxylic acids is 1. The molecule has 0 saturated carbocycles. The fraction of sp³-hybridized carbons (Fsp3) is 0.188. The SMILES string of the molecule is O=C1[C@@H](NS(=O)(=O)c2cccc(Cl)c2)CCN1c1ccccc1. The van der Waals surface area contributed by atoms with Crippen molar-refractivity contribution < 1.29 is 13.2 Å². The molecule has 1 atom stereocenters. The second kappa shape index (κ2) is 6.31. The predicted molar refractivity (Wildman–Crippen MR) is 89.0 cm³/mol. The van der Waals surface area contributed by atoms with Gasteiger partial charge in [-0.2, -0.15) is 4.72 Å². The number of para-hydroxylation sites is 1. The molecule has 23 heavy (non-hydrogen) atoms. The lowest BCUT2D eigenvalue weighted by molar-refractivity contribution is -0.118. The monoisotopic (exact) mass is 350 g/mol. The van der Waals surface area contributed by atoms with Crippen LogP contribution in [-0.4, -0.2) is 26.9 Å². The normalized spacial score (nSPS) is 18.4. The molecular weight excluding hydrogens is 336 g/mol. The van der Waals surface area contributed by atoms with Crippen molar-refractivity contribution in [3.8, 4) is 0 Å². The highest BCUT2D eigenvalue weighted by Gasteiger charge is 2.35. The van der Waals surface area contributed by atoms with Crippen molar-refractivity contribution >= 4 is 33.2 Å². The molecule has 1 aliphatic heterocycles. The number of anilines is 1. The van der Waals surface area contributed by atoms with E-state index in [1.54, 1.807) is 17.0 Å². The minimum Gasteiger partial charge on any atom is -0.311 e. The van der Waals surface area contributed by atoms with Gasteiger partial charge in [0.05, 0.1) is 4.90 Å². The third-order valence-electron chi connectivity index (χ3n) is 3.68. The van der Waals surface area contributed by atoms with Crippen molar-refractivity contribution in [1.29, 1.82) is 0 Å². The Morgan fingerprint density at radius 3 is 2.52 bits per heavy atom. The van der Waals surface area contributed by atoms with Crippen LogP contribution in [0.3, 0.4) is 0 Å². The zero-order valence-electron chi connectivity index (χ0n) is 12.1. The fourth-order valence-corrected chi connectivity index (χ4v) is 4.07. The van der Waals surface area contributed by atoms with E-state index < -0.39 is 16.1 Å². The first-order valence-electron chi connectivity index (χ1n) is 7.12. The van der Waals surface area contributed by atoms with Gasteiger partial charge in [0.2, 0.25) is 15.9 Å². The molecule has 3 rings (SSSR count). The minimum atomic E-state index is -3.79. The summed E-state index contributed by atoms with van der Waals surface area (Å²) < 4.78 is 27.2. The second-order valence-electron chi connectivity index (χ2n) is 5.25. The van der Waals surface area contributed by atoms with Gasteiger partial charge >= 0.3 is 0 Å². The number of nitrogens with zero attached hydrogens (tertiary/aromatic N) is 1. The number of amides is 1. The van der Waals surface area contributed by atoms with E-state index >= 15 is 0 Å². The molecule has 1 N–H and O–H groups in total. The Morgan fingerprint density at radius 1 is 1.09 bits per heavy atom. The van der Waals surface area contributed by atoms with E-state index in [9.17, 15) is 13.2 Å². The van der Waals surface area contributed by atoms with E-state index in [1.807, 2.05) is 30.3 Å². The summed E-state index contributed by atoms with van der Waals surface area (Å²) in [6.45, 7) is 0.478. The van der Waals surface area contributed by atoms with Crippen LogP contribution in [0.4, 0.5) is 5.69 Å². The van der Waals surface area contributed by atoms with Crippen molar-refractivity contribution in [2.75, 3.05) is 11.4 Å². The number of halogens is 1. The van der Waals surface area contributed by atoms with Gasteiger partial charge in [-0.1, -0.05) is 35.9 Å². The maximum Gasteiger partial charge on any atom is 0.245 e. The molecule has 7 heteroatoms. The van der Waals surface area contributed by atoms with Crippen molar-refractivity contribution in [3.05, 3.63) is 59.6 Å². The summed E-state index contributed by atoms with van der Waals surface area (Å²) in [6, 6.07) is 14.4. The lowest BCUT2D eigenvalue weighted by Crippen LogP contribution is -2.41. The second-order valence-corrected chi connectivity index (χ2v) is 7.40. The zero-order chi connectivity index (χ0) is 16.4. The molecule has 1 aliphatic rings. The van der Waals surface area contributed by atoms with Crippen molar-refractivity contribution in [2.45, 2.75) is 17.4 Å². The van der Waals surface area contributed by atoms with Crippen LogP contribution < -0.4 is 9.62 Å². The highest BCUT2D eigenvalue weighted by atomic mass is 35.5. The van der Waals surface area contributed by atoms with Crippen LogP contribution in [0.25, 0.3) is 0 Å². The van der Waals surface area contributed by atoms with E-state index in [0.29, 0.717) is 18.0 Å². The Bertz CT molecular complexity index is 824.